The highest BCUT2D eigenvalue weighted by molar-refractivity contribution is 6.46. The molecule has 1 aromatic carbocycles. The first-order chi connectivity index (χ1) is 15.3. The lowest BCUT2D eigenvalue weighted by Crippen LogP contribution is -2.31. The molecule has 1 unspecified atom stereocenters. The third-order valence-corrected chi connectivity index (χ3v) is 5.50. The van der Waals surface area contributed by atoms with Crippen molar-refractivity contribution in [3.05, 3.63) is 64.5 Å². The molecule has 32 heavy (non-hydrogen) atoms. The highest BCUT2D eigenvalue weighted by Gasteiger charge is 2.46. The van der Waals surface area contributed by atoms with Crippen molar-refractivity contribution in [2.24, 2.45) is 0 Å². The van der Waals surface area contributed by atoms with Gasteiger partial charge < -0.3 is 19.5 Å². The SMILES string of the molecule is COc1cc(C)c(/C(O)=C2\C(=O)C(=O)N(CCCOC(C)C)C2c2ccccn2)cc1C. The van der Waals surface area contributed by atoms with Gasteiger partial charge in [0.2, 0.25) is 0 Å². The molecule has 1 aliphatic heterocycles. The van der Waals surface area contributed by atoms with E-state index in [0.29, 0.717) is 36.6 Å². The molecule has 1 atom stereocenters. The van der Waals surface area contributed by atoms with Gasteiger partial charge in [-0.2, -0.15) is 0 Å². The Morgan fingerprint density at radius 1 is 1.19 bits per heavy atom. The maximum absolute atomic E-state index is 13.1. The summed E-state index contributed by atoms with van der Waals surface area (Å²) in [5.74, 6) is -0.875. The van der Waals surface area contributed by atoms with E-state index in [1.165, 1.54) is 4.90 Å². The lowest BCUT2D eigenvalue weighted by Gasteiger charge is -2.24. The number of aliphatic hydroxyl groups is 1. The number of Topliss-reactive ketones (excluding diaryl/α,β-unsaturated/α-hetero) is 1. The number of hydrogen-bond acceptors (Lipinski definition) is 6. The van der Waals surface area contributed by atoms with Crippen molar-refractivity contribution in [3.63, 3.8) is 0 Å². The van der Waals surface area contributed by atoms with Crippen molar-refractivity contribution in [2.45, 2.75) is 46.3 Å². The molecule has 3 rings (SSSR count). The van der Waals surface area contributed by atoms with Crippen LogP contribution >= 0.6 is 0 Å². The lowest BCUT2D eigenvalue weighted by molar-refractivity contribution is -0.140. The van der Waals surface area contributed by atoms with Gasteiger partial charge in [0.15, 0.2) is 0 Å². The molecule has 0 spiro atoms. The van der Waals surface area contributed by atoms with Crippen LogP contribution in [-0.2, 0) is 14.3 Å². The minimum absolute atomic E-state index is 0.0474. The number of ether oxygens (including phenoxy) is 2. The zero-order chi connectivity index (χ0) is 23.4. The number of aliphatic hydroxyl groups excluding tert-OH is 1. The van der Waals surface area contributed by atoms with Gasteiger partial charge in [0.05, 0.1) is 24.5 Å². The number of pyridine rings is 1. The second-order valence-corrected chi connectivity index (χ2v) is 8.16. The first kappa shape index (κ1) is 23.5. The Morgan fingerprint density at radius 3 is 2.56 bits per heavy atom. The normalized spacial score (nSPS) is 17.9. The van der Waals surface area contributed by atoms with Crippen molar-refractivity contribution in [2.75, 3.05) is 20.3 Å². The second-order valence-electron chi connectivity index (χ2n) is 8.16. The van der Waals surface area contributed by atoms with Gasteiger partial charge in [-0.3, -0.25) is 14.6 Å². The van der Waals surface area contributed by atoms with E-state index >= 15 is 0 Å². The van der Waals surface area contributed by atoms with Crippen LogP contribution in [0.3, 0.4) is 0 Å². The highest BCUT2D eigenvalue weighted by atomic mass is 16.5. The number of hydrogen-bond donors (Lipinski definition) is 1. The van der Waals surface area contributed by atoms with Gasteiger partial charge in [-0.05, 0) is 69.5 Å². The van der Waals surface area contributed by atoms with E-state index in [-0.39, 0.29) is 17.4 Å². The first-order valence-electron chi connectivity index (χ1n) is 10.7. The molecule has 170 valence electrons. The summed E-state index contributed by atoms with van der Waals surface area (Å²) in [5.41, 5.74) is 2.62. The summed E-state index contributed by atoms with van der Waals surface area (Å²) >= 11 is 0. The largest absolute Gasteiger partial charge is 0.507 e. The minimum atomic E-state index is -0.767. The number of likely N-dealkylation sites (tertiary alicyclic amines) is 1. The van der Waals surface area contributed by atoms with Crippen LogP contribution < -0.4 is 4.74 Å². The Kier molecular flexibility index (Phi) is 7.30. The number of aromatic nitrogens is 1. The summed E-state index contributed by atoms with van der Waals surface area (Å²) in [5, 5.41) is 11.3. The number of rotatable bonds is 8. The maximum atomic E-state index is 13.1. The van der Waals surface area contributed by atoms with E-state index in [1.54, 1.807) is 43.6 Å². The fraction of sp³-hybridized carbons (Fsp3) is 0.400. The van der Waals surface area contributed by atoms with Gasteiger partial charge in [0.1, 0.15) is 17.6 Å². The van der Waals surface area contributed by atoms with Crippen LogP contribution in [0.2, 0.25) is 0 Å². The summed E-state index contributed by atoms with van der Waals surface area (Å²) in [6.45, 7) is 8.35. The Labute approximate surface area is 188 Å². The maximum Gasteiger partial charge on any atom is 0.295 e. The zero-order valence-electron chi connectivity index (χ0n) is 19.2. The van der Waals surface area contributed by atoms with Gasteiger partial charge in [-0.1, -0.05) is 6.07 Å². The van der Waals surface area contributed by atoms with Crippen LogP contribution in [0.4, 0.5) is 0 Å². The van der Waals surface area contributed by atoms with Crippen LogP contribution in [0.15, 0.2) is 42.1 Å². The number of nitrogens with zero attached hydrogens (tertiary/aromatic N) is 2. The second kappa shape index (κ2) is 9.96. The first-order valence-corrected chi connectivity index (χ1v) is 10.7. The number of carbonyl (C=O) groups is 2. The Balaban J connectivity index is 2.07. The van der Waals surface area contributed by atoms with E-state index in [1.807, 2.05) is 27.7 Å². The molecule has 1 N–H and O–H groups in total. The van der Waals surface area contributed by atoms with Crippen LogP contribution in [0.5, 0.6) is 5.75 Å². The van der Waals surface area contributed by atoms with E-state index < -0.39 is 17.7 Å². The van der Waals surface area contributed by atoms with Crippen molar-refractivity contribution >= 4 is 17.4 Å². The van der Waals surface area contributed by atoms with Crippen LogP contribution in [0, 0.1) is 13.8 Å². The van der Waals surface area contributed by atoms with Crippen LogP contribution in [-0.4, -0.2) is 53.0 Å². The summed E-state index contributed by atoms with van der Waals surface area (Å²) in [7, 11) is 1.58. The van der Waals surface area contributed by atoms with Crippen LogP contribution in [0.25, 0.3) is 5.76 Å². The van der Waals surface area contributed by atoms with Crippen molar-refractivity contribution in [3.8, 4) is 5.75 Å². The monoisotopic (exact) mass is 438 g/mol. The van der Waals surface area contributed by atoms with E-state index in [4.69, 9.17) is 9.47 Å². The third-order valence-electron chi connectivity index (χ3n) is 5.50. The van der Waals surface area contributed by atoms with Crippen LogP contribution in [0.1, 0.15) is 48.7 Å². The quantitative estimate of drug-likeness (QED) is 0.291. The van der Waals surface area contributed by atoms with Gasteiger partial charge >= 0.3 is 0 Å². The van der Waals surface area contributed by atoms with E-state index in [2.05, 4.69) is 4.98 Å². The Hall–Kier alpha value is -3.19. The molecule has 0 bridgehead atoms. The van der Waals surface area contributed by atoms with Gasteiger partial charge in [-0.15, -0.1) is 0 Å². The number of carbonyl (C=O) groups excluding carboxylic acids is 2. The predicted molar refractivity (Wildman–Crippen MR) is 121 cm³/mol. The predicted octanol–water partition coefficient (Wildman–Crippen LogP) is 3.94. The number of aryl methyl sites for hydroxylation is 2. The molecular weight excluding hydrogens is 408 g/mol. The molecule has 2 aromatic rings. The van der Waals surface area contributed by atoms with Crippen molar-refractivity contribution in [1.29, 1.82) is 0 Å². The van der Waals surface area contributed by atoms with Crippen molar-refractivity contribution in [1.82, 2.24) is 9.88 Å². The molecule has 0 saturated carbocycles. The summed E-state index contributed by atoms with van der Waals surface area (Å²) < 4.78 is 10.9. The average Bonchev–Trinajstić information content (AvgIpc) is 3.02. The number of benzene rings is 1. The minimum Gasteiger partial charge on any atom is -0.507 e. The molecular formula is C25H30N2O5. The number of amides is 1. The summed E-state index contributed by atoms with van der Waals surface area (Å²) in [4.78, 5) is 31.9. The van der Waals surface area contributed by atoms with Gasteiger partial charge in [0, 0.05) is 24.9 Å². The number of methoxy groups -OCH3 is 1. The van der Waals surface area contributed by atoms with Crippen molar-refractivity contribution < 1.29 is 24.2 Å². The molecule has 1 fully saturated rings. The zero-order valence-corrected chi connectivity index (χ0v) is 19.2. The average molecular weight is 439 g/mol. The fourth-order valence-corrected chi connectivity index (χ4v) is 3.92. The molecule has 7 heteroatoms. The smallest absolute Gasteiger partial charge is 0.295 e. The summed E-state index contributed by atoms with van der Waals surface area (Å²) in [6, 6.07) is 8.13. The molecule has 2 heterocycles. The Bertz CT molecular complexity index is 1030. The molecule has 0 aliphatic carbocycles. The molecule has 0 radical (unpaired) electrons. The molecule has 1 aromatic heterocycles. The highest BCUT2D eigenvalue weighted by Crippen LogP contribution is 2.39. The number of ketones is 1. The molecule has 1 saturated heterocycles. The molecule has 1 aliphatic rings. The standard InChI is InChI=1S/C25H30N2O5/c1-15(2)32-12-8-11-27-22(19-9-6-7-10-26-19)21(24(29)25(27)30)23(28)18-13-17(4)20(31-5)14-16(18)3/h6-7,9-10,13-15,22,28H,8,11-12H2,1-5H3/b23-21+. The topological polar surface area (TPSA) is 89.0 Å². The van der Waals surface area contributed by atoms with E-state index in [9.17, 15) is 14.7 Å². The summed E-state index contributed by atoms with van der Waals surface area (Å²) in [6.07, 6.45) is 2.26. The molecule has 7 nitrogen and oxygen atoms in total. The van der Waals surface area contributed by atoms with Gasteiger partial charge in [0.25, 0.3) is 11.7 Å². The van der Waals surface area contributed by atoms with Gasteiger partial charge in [-0.25, -0.2) is 0 Å². The Morgan fingerprint density at radius 2 is 1.94 bits per heavy atom. The fourth-order valence-electron chi connectivity index (χ4n) is 3.92. The molecule has 1 amide bonds. The third kappa shape index (κ3) is 4.67. The van der Waals surface area contributed by atoms with E-state index in [0.717, 1.165) is 11.1 Å². The lowest BCUT2D eigenvalue weighted by atomic mass is 9.95.